The molecule has 2 rings (SSSR count). The van der Waals surface area contributed by atoms with Gasteiger partial charge in [0.15, 0.2) is 0 Å². The van der Waals surface area contributed by atoms with Gasteiger partial charge in [0.2, 0.25) is 5.91 Å². The molecule has 0 aromatic heterocycles. The molecule has 0 spiro atoms. The molecule has 0 atom stereocenters. The summed E-state index contributed by atoms with van der Waals surface area (Å²) in [5.41, 5.74) is 5.99. The number of thioether (sulfide) groups is 1. The highest BCUT2D eigenvalue weighted by Gasteiger charge is 2.09. The Morgan fingerprint density at radius 2 is 1.79 bits per heavy atom. The maximum Gasteiger partial charge on any atom is 0.269 e. The molecule has 0 fully saturated rings. The number of amides is 2. The topological polar surface area (TPSA) is 67.4 Å². The van der Waals surface area contributed by atoms with Gasteiger partial charge in [-0.05, 0) is 29.8 Å². The van der Waals surface area contributed by atoms with Gasteiger partial charge >= 0.3 is 0 Å². The molecule has 2 aromatic carbocycles. The van der Waals surface area contributed by atoms with Crippen molar-refractivity contribution in [3.8, 4) is 0 Å². The highest BCUT2D eigenvalue weighted by atomic mass is 32.2. The van der Waals surface area contributed by atoms with Crippen LogP contribution in [0.15, 0.2) is 53.4 Å². The van der Waals surface area contributed by atoms with Gasteiger partial charge in [0, 0.05) is 17.6 Å². The minimum Gasteiger partial charge on any atom is -0.380 e. The van der Waals surface area contributed by atoms with E-state index in [1.807, 2.05) is 0 Å². The number of ether oxygens (including phenoxy) is 1. The number of hydrazine groups is 1. The van der Waals surface area contributed by atoms with Crippen LogP contribution in [0.5, 0.6) is 0 Å². The van der Waals surface area contributed by atoms with E-state index >= 15 is 0 Å². The summed E-state index contributed by atoms with van der Waals surface area (Å²) in [5, 5.41) is 0. The molecule has 0 aliphatic rings. The van der Waals surface area contributed by atoms with E-state index in [-0.39, 0.29) is 11.6 Å². The maximum atomic E-state index is 13.4. The van der Waals surface area contributed by atoms with Crippen LogP contribution in [0.3, 0.4) is 0 Å². The highest BCUT2D eigenvalue weighted by Crippen LogP contribution is 2.20. The van der Waals surface area contributed by atoms with E-state index in [9.17, 15) is 14.0 Å². The van der Waals surface area contributed by atoms with Gasteiger partial charge in [-0.1, -0.05) is 24.3 Å². The van der Waals surface area contributed by atoms with Crippen molar-refractivity contribution in [1.29, 1.82) is 0 Å². The zero-order chi connectivity index (χ0) is 17.4. The van der Waals surface area contributed by atoms with Crippen LogP contribution in [0, 0.1) is 5.82 Å². The van der Waals surface area contributed by atoms with Crippen LogP contribution < -0.4 is 10.9 Å². The molecule has 0 radical (unpaired) electrons. The second-order valence-electron chi connectivity index (χ2n) is 4.85. The minimum atomic E-state index is -0.428. The lowest BCUT2D eigenvalue weighted by Gasteiger charge is -2.08. The fourth-order valence-corrected chi connectivity index (χ4v) is 2.60. The van der Waals surface area contributed by atoms with E-state index in [0.717, 1.165) is 17.3 Å². The van der Waals surface area contributed by atoms with Gasteiger partial charge < -0.3 is 4.74 Å². The van der Waals surface area contributed by atoms with E-state index in [4.69, 9.17) is 4.74 Å². The number of rotatable bonds is 6. The molecule has 2 N–H and O–H groups in total. The van der Waals surface area contributed by atoms with Crippen LogP contribution in [0.4, 0.5) is 4.39 Å². The fourth-order valence-electron chi connectivity index (χ4n) is 1.86. The van der Waals surface area contributed by atoms with E-state index in [2.05, 4.69) is 10.9 Å². The molecule has 24 heavy (non-hydrogen) atoms. The first kappa shape index (κ1) is 18.0. The molecule has 5 nitrogen and oxygen atoms in total. The fraction of sp³-hybridized carbons (Fsp3) is 0.176. The van der Waals surface area contributed by atoms with Crippen LogP contribution in [0.2, 0.25) is 0 Å². The van der Waals surface area contributed by atoms with Gasteiger partial charge in [0.25, 0.3) is 5.91 Å². The summed E-state index contributed by atoms with van der Waals surface area (Å²) in [6.07, 6.45) is 0. The van der Waals surface area contributed by atoms with E-state index in [1.165, 1.54) is 6.07 Å². The number of benzene rings is 2. The first-order chi connectivity index (χ1) is 11.6. The number of hydrogen-bond donors (Lipinski definition) is 2. The van der Waals surface area contributed by atoms with Gasteiger partial charge in [0.05, 0.1) is 12.4 Å². The second-order valence-corrected chi connectivity index (χ2v) is 5.87. The Morgan fingerprint density at radius 3 is 2.46 bits per heavy atom. The molecule has 126 valence electrons. The van der Waals surface area contributed by atoms with Crippen molar-refractivity contribution >= 4 is 23.6 Å². The lowest BCUT2D eigenvalue weighted by Crippen LogP contribution is -2.42. The van der Waals surface area contributed by atoms with E-state index < -0.39 is 11.8 Å². The quantitative estimate of drug-likeness (QED) is 0.622. The summed E-state index contributed by atoms with van der Waals surface area (Å²) >= 11 is 1.06. The largest absolute Gasteiger partial charge is 0.380 e. The number of carbonyl (C=O) groups excluding carboxylic acids is 2. The lowest BCUT2D eigenvalue weighted by molar-refractivity contribution is -0.119. The monoisotopic (exact) mass is 348 g/mol. The number of nitrogens with one attached hydrogen (secondary N) is 2. The van der Waals surface area contributed by atoms with Crippen LogP contribution in [0.25, 0.3) is 0 Å². The molecule has 0 saturated heterocycles. The Kier molecular flexibility index (Phi) is 6.77. The minimum absolute atomic E-state index is 0.00596. The Bertz CT molecular complexity index is 707. The zero-order valence-electron chi connectivity index (χ0n) is 13.0. The molecule has 7 heteroatoms. The Labute approximate surface area is 143 Å². The van der Waals surface area contributed by atoms with Gasteiger partial charge in [0.1, 0.15) is 5.82 Å². The second kappa shape index (κ2) is 9.05. The number of carbonyl (C=O) groups is 2. The van der Waals surface area contributed by atoms with Gasteiger partial charge in [-0.2, -0.15) is 0 Å². The standard InChI is InChI=1S/C17H17FN2O3S/c1-23-10-12-6-8-13(9-7-12)17(22)20-19-16(21)11-24-15-5-3-2-4-14(15)18/h2-9H,10-11H2,1H3,(H,19,21)(H,20,22). The molecule has 2 aromatic rings. The molecular formula is C17H17FN2O3S. The first-order valence-corrected chi connectivity index (χ1v) is 8.13. The summed E-state index contributed by atoms with van der Waals surface area (Å²) in [6.45, 7) is 0.464. The molecule has 2 amide bonds. The lowest BCUT2D eigenvalue weighted by atomic mass is 10.1. The van der Waals surface area contributed by atoms with Gasteiger partial charge in [-0.25, -0.2) is 4.39 Å². The average Bonchev–Trinajstić information content (AvgIpc) is 2.60. The van der Waals surface area contributed by atoms with Crippen LogP contribution in [-0.2, 0) is 16.1 Å². The molecule has 0 heterocycles. The summed E-state index contributed by atoms with van der Waals surface area (Å²) in [6, 6.07) is 13.0. The molecule has 0 aliphatic heterocycles. The maximum absolute atomic E-state index is 13.4. The van der Waals surface area contributed by atoms with Crippen molar-refractivity contribution in [1.82, 2.24) is 10.9 Å². The third-order valence-electron chi connectivity index (χ3n) is 3.04. The predicted octanol–water partition coefficient (Wildman–Crippen LogP) is 2.53. The average molecular weight is 348 g/mol. The van der Waals surface area contributed by atoms with Crippen LogP contribution in [0.1, 0.15) is 15.9 Å². The summed E-state index contributed by atoms with van der Waals surface area (Å²) in [4.78, 5) is 24.0. The molecule has 0 bridgehead atoms. The van der Waals surface area contributed by atoms with Gasteiger partial charge in [-0.15, -0.1) is 11.8 Å². The predicted molar refractivity (Wildman–Crippen MR) is 89.9 cm³/mol. The third-order valence-corrected chi connectivity index (χ3v) is 4.09. The SMILES string of the molecule is COCc1ccc(C(=O)NNC(=O)CSc2ccccc2F)cc1. The Balaban J connectivity index is 1.78. The molecule has 0 unspecified atom stereocenters. The van der Waals surface area contributed by atoms with Crippen molar-refractivity contribution in [3.63, 3.8) is 0 Å². The molecule has 0 saturated carbocycles. The summed E-state index contributed by atoms with van der Waals surface area (Å²) in [7, 11) is 1.59. The molecule has 0 aliphatic carbocycles. The number of methoxy groups -OCH3 is 1. The smallest absolute Gasteiger partial charge is 0.269 e. The zero-order valence-corrected chi connectivity index (χ0v) is 13.9. The highest BCUT2D eigenvalue weighted by molar-refractivity contribution is 8.00. The van der Waals surface area contributed by atoms with Crippen molar-refractivity contribution in [2.24, 2.45) is 0 Å². The van der Waals surface area contributed by atoms with E-state index in [0.29, 0.717) is 17.1 Å². The Morgan fingerprint density at radius 1 is 1.08 bits per heavy atom. The van der Waals surface area contributed by atoms with Crippen molar-refractivity contribution in [2.45, 2.75) is 11.5 Å². The van der Waals surface area contributed by atoms with Crippen molar-refractivity contribution in [3.05, 3.63) is 65.5 Å². The summed E-state index contributed by atoms with van der Waals surface area (Å²) < 4.78 is 18.4. The van der Waals surface area contributed by atoms with Crippen LogP contribution in [-0.4, -0.2) is 24.7 Å². The van der Waals surface area contributed by atoms with Crippen molar-refractivity contribution in [2.75, 3.05) is 12.9 Å². The van der Waals surface area contributed by atoms with Crippen molar-refractivity contribution < 1.29 is 18.7 Å². The Hall–Kier alpha value is -2.38. The number of hydrogen-bond acceptors (Lipinski definition) is 4. The normalized spacial score (nSPS) is 10.2. The van der Waals surface area contributed by atoms with E-state index in [1.54, 1.807) is 49.6 Å². The van der Waals surface area contributed by atoms with Gasteiger partial charge in [-0.3, -0.25) is 20.4 Å². The summed E-state index contributed by atoms with van der Waals surface area (Å²) in [5.74, 6) is -1.24. The third kappa shape index (κ3) is 5.36. The number of halogens is 1. The van der Waals surface area contributed by atoms with Crippen LogP contribution >= 0.6 is 11.8 Å². The molecular weight excluding hydrogens is 331 g/mol. The first-order valence-electron chi connectivity index (χ1n) is 7.14.